The molecule has 0 aliphatic heterocycles. The van der Waals surface area contributed by atoms with Gasteiger partial charge in [-0.25, -0.2) is 9.37 Å². The van der Waals surface area contributed by atoms with E-state index in [2.05, 4.69) is 25.5 Å². The first-order chi connectivity index (χ1) is 13.6. The third-order valence-corrected chi connectivity index (χ3v) is 4.20. The van der Waals surface area contributed by atoms with Crippen LogP contribution in [0.3, 0.4) is 0 Å². The summed E-state index contributed by atoms with van der Waals surface area (Å²) in [4.78, 5) is 10.7. The second-order valence-corrected chi connectivity index (χ2v) is 6.22. The number of guanidine groups is 1. The number of benzene rings is 2. The van der Waals surface area contributed by atoms with Crippen LogP contribution in [0.1, 0.15) is 11.4 Å². The number of halogens is 1. The molecular formula is C20H23FN6O. The lowest BCUT2D eigenvalue weighted by molar-refractivity contribution is 0.415. The molecule has 28 heavy (non-hydrogen) atoms. The van der Waals surface area contributed by atoms with Crippen LogP contribution in [0.4, 0.5) is 4.39 Å². The Morgan fingerprint density at radius 3 is 2.54 bits per heavy atom. The van der Waals surface area contributed by atoms with E-state index in [1.807, 2.05) is 36.2 Å². The third-order valence-electron chi connectivity index (χ3n) is 4.20. The van der Waals surface area contributed by atoms with Crippen LogP contribution in [0.25, 0.3) is 11.4 Å². The summed E-state index contributed by atoms with van der Waals surface area (Å²) in [7, 11) is 5.26. The second-order valence-electron chi connectivity index (χ2n) is 6.22. The normalized spacial score (nSPS) is 11.4. The van der Waals surface area contributed by atoms with Gasteiger partial charge in [0.05, 0.1) is 13.7 Å². The molecule has 2 N–H and O–H groups in total. The Labute approximate surface area is 163 Å². The Kier molecular flexibility index (Phi) is 6.21. The molecule has 7 nitrogen and oxygen atoms in total. The number of methoxy groups -OCH3 is 1. The zero-order chi connectivity index (χ0) is 19.9. The zero-order valence-corrected chi connectivity index (χ0v) is 16.1. The quantitative estimate of drug-likeness (QED) is 0.506. The van der Waals surface area contributed by atoms with Gasteiger partial charge in [0.1, 0.15) is 17.4 Å². The molecule has 146 valence electrons. The molecule has 0 radical (unpaired) electrons. The molecular weight excluding hydrogens is 359 g/mol. The average Bonchev–Trinajstić information content (AvgIpc) is 3.19. The van der Waals surface area contributed by atoms with Crippen molar-refractivity contribution < 1.29 is 9.13 Å². The maximum atomic E-state index is 13.0. The molecule has 0 unspecified atom stereocenters. The van der Waals surface area contributed by atoms with Gasteiger partial charge in [-0.15, -0.1) is 0 Å². The van der Waals surface area contributed by atoms with Crippen molar-refractivity contribution in [2.45, 2.75) is 13.1 Å². The molecule has 0 amide bonds. The van der Waals surface area contributed by atoms with Gasteiger partial charge in [0.2, 0.25) is 0 Å². The fourth-order valence-corrected chi connectivity index (χ4v) is 2.73. The number of hydrogen-bond donors (Lipinski definition) is 2. The van der Waals surface area contributed by atoms with E-state index < -0.39 is 0 Å². The van der Waals surface area contributed by atoms with E-state index >= 15 is 0 Å². The first kappa shape index (κ1) is 19.3. The van der Waals surface area contributed by atoms with Crippen LogP contribution in [0.15, 0.2) is 53.5 Å². The van der Waals surface area contributed by atoms with Gasteiger partial charge >= 0.3 is 0 Å². The molecule has 0 atom stereocenters. The maximum Gasteiger partial charge on any atom is 0.194 e. The van der Waals surface area contributed by atoms with Crippen molar-refractivity contribution in [2.75, 3.05) is 21.2 Å². The van der Waals surface area contributed by atoms with Crippen molar-refractivity contribution >= 4 is 5.96 Å². The van der Waals surface area contributed by atoms with E-state index in [9.17, 15) is 4.39 Å². The Bertz CT molecular complexity index is 921. The zero-order valence-electron chi connectivity index (χ0n) is 16.1. The number of rotatable bonds is 6. The minimum atomic E-state index is -0.244. The van der Waals surface area contributed by atoms with E-state index in [0.29, 0.717) is 30.7 Å². The molecule has 0 bridgehead atoms. The first-order valence-corrected chi connectivity index (χ1v) is 8.81. The van der Waals surface area contributed by atoms with Crippen LogP contribution < -0.4 is 10.1 Å². The highest BCUT2D eigenvalue weighted by atomic mass is 19.1. The highest BCUT2D eigenvalue weighted by Crippen LogP contribution is 2.18. The van der Waals surface area contributed by atoms with Crippen molar-refractivity contribution in [3.8, 4) is 17.1 Å². The van der Waals surface area contributed by atoms with Gasteiger partial charge in [-0.3, -0.25) is 10.1 Å². The average molecular weight is 382 g/mol. The summed E-state index contributed by atoms with van der Waals surface area (Å²) < 4.78 is 18.2. The molecule has 0 aliphatic rings. The number of aromatic amines is 1. The molecule has 0 spiro atoms. The molecule has 3 rings (SSSR count). The minimum Gasteiger partial charge on any atom is -0.497 e. The number of hydrogen-bond acceptors (Lipinski definition) is 4. The van der Waals surface area contributed by atoms with Crippen LogP contribution in [0, 0.1) is 5.82 Å². The van der Waals surface area contributed by atoms with E-state index in [4.69, 9.17) is 4.74 Å². The Morgan fingerprint density at radius 1 is 1.18 bits per heavy atom. The van der Waals surface area contributed by atoms with Gasteiger partial charge in [-0.2, -0.15) is 5.10 Å². The lowest BCUT2D eigenvalue weighted by Gasteiger charge is -2.21. The lowest BCUT2D eigenvalue weighted by atomic mass is 10.2. The predicted octanol–water partition coefficient (Wildman–Crippen LogP) is 2.83. The molecule has 0 fully saturated rings. The molecule has 3 aromatic rings. The van der Waals surface area contributed by atoms with E-state index in [1.54, 1.807) is 26.3 Å². The number of nitrogens with zero attached hydrogens (tertiary/aromatic N) is 4. The van der Waals surface area contributed by atoms with E-state index in [-0.39, 0.29) is 5.82 Å². The standard InChI is InChI=1S/C20H23FN6O/c1-22-20(27(2)13-14-4-8-16(21)9-5-14)23-12-18-24-19(26-25-18)15-6-10-17(28-3)11-7-15/h4-11H,12-13H2,1-3H3,(H,22,23)(H,24,25,26). The van der Waals surface area contributed by atoms with Crippen molar-refractivity contribution in [3.63, 3.8) is 0 Å². The molecule has 2 aromatic carbocycles. The maximum absolute atomic E-state index is 13.0. The van der Waals surface area contributed by atoms with Gasteiger partial charge in [-0.1, -0.05) is 12.1 Å². The highest BCUT2D eigenvalue weighted by Gasteiger charge is 2.10. The fourth-order valence-electron chi connectivity index (χ4n) is 2.73. The highest BCUT2D eigenvalue weighted by molar-refractivity contribution is 5.79. The summed E-state index contributed by atoms with van der Waals surface area (Å²) in [6, 6.07) is 14.0. The van der Waals surface area contributed by atoms with Crippen molar-refractivity contribution in [1.82, 2.24) is 25.4 Å². The number of aromatic nitrogens is 3. The summed E-state index contributed by atoms with van der Waals surface area (Å²) >= 11 is 0. The van der Waals surface area contributed by atoms with Gasteiger partial charge in [0.15, 0.2) is 11.8 Å². The summed E-state index contributed by atoms with van der Waals surface area (Å²) in [6.07, 6.45) is 0. The van der Waals surface area contributed by atoms with Gasteiger partial charge in [0, 0.05) is 26.2 Å². The minimum absolute atomic E-state index is 0.244. The van der Waals surface area contributed by atoms with Crippen LogP contribution >= 0.6 is 0 Å². The lowest BCUT2D eigenvalue weighted by Crippen LogP contribution is -2.38. The van der Waals surface area contributed by atoms with Crippen molar-refractivity contribution in [2.24, 2.45) is 4.99 Å². The van der Waals surface area contributed by atoms with Gasteiger partial charge in [0.25, 0.3) is 0 Å². The SMILES string of the molecule is CN=C(NCc1nc(-c2ccc(OC)cc2)n[nH]1)N(C)Cc1ccc(F)cc1. The first-order valence-electron chi connectivity index (χ1n) is 8.81. The van der Waals surface area contributed by atoms with Gasteiger partial charge in [-0.05, 0) is 42.0 Å². The number of aliphatic imine (C=N–C) groups is 1. The Hall–Kier alpha value is -3.42. The van der Waals surface area contributed by atoms with Crippen molar-refractivity contribution in [3.05, 3.63) is 65.7 Å². The second kappa shape index (κ2) is 8.98. The predicted molar refractivity (Wildman–Crippen MR) is 106 cm³/mol. The topological polar surface area (TPSA) is 78.4 Å². The van der Waals surface area contributed by atoms with Crippen LogP contribution in [-0.2, 0) is 13.1 Å². The molecule has 1 aromatic heterocycles. The number of ether oxygens (including phenoxy) is 1. The third kappa shape index (κ3) is 4.85. The fraction of sp³-hybridized carbons (Fsp3) is 0.250. The summed E-state index contributed by atoms with van der Waals surface area (Å²) in [5.41, 5.74) is 1.90. The van der Waals surface area contributed by atoms with Gasteiger partial charge < -0.3 is 15.0 Å². The summed E-state index contributed by atoms with van der Waals surface area (Å²) in [5, 5.41) is 10.4. The number of nitrogens with one attached hydrogen (secondary N) is 2. The van der Waals surface area contributed by atoms with Crippen LogP contribution in [-0.4, -0.2) is 47.2 Å². The molecule has 0 saturated heterocycles. The Balaban J connectivity index is 1.59. The number of H-pyrrole nitrogens is 1. The molecule has 0 aliphatic carbocycles. The smallest absolute Gasteiger partial charge is 0.194 e. The molecule has 8 heteroatoms. The summed E-state index contributed by atoms with van der Waals surface area (Å²) in [5.74, 6) is 2.56. The monoisotopic (exact) mass is 382 g/mol. The van der Waals surface area contributed by atoms with E-state index in [0.717, 1.165) is 16.9 Å². The van der Waals surface area contributed by atoms with Crippen LogP contribution in [0.5, 0.6) is 5.75 Å². The van der Waals surface area contributed by atoms with Crippen molar-refractivity contribution in [1.29, 1.82) is 0 Å². The molecule has 0 saturated carbocycles. The largest absolute Gasteiger partial charge is 0.497 e. The van der Waals surface area contributed by atoms with Crippen LogP contribution in [0.2, 0.25) is 0 Å². The Morgan fingerprint density at radius 2 is 1.89 bits per heavy atom. The summed E-state index contributed by atoms with van der Waals surface area (Å²) in [6.45, 7) is 1.05. The van der Waals surface area contributed by atoms with E-state index in [1.165, 1.54) is 12.1 Å². The molecule has 1 heterocycles.